The second kappa shape index (κ2) is 5.48. The number of nitrogens with two attached hydrogens (primary N) is 1. The van der Waals surface area contributed by atoms with E-state index >= 15 is 0 Å². The summed E-state index contributed by atoms with van der Waals surface area (Å²) >= 11 is 0. The highest BCUT2D eigenvalue weighted by Gasteiger charge is 2.21. The molecule has 0 fully saturated rings. The van der Waals surface area contributed by atoms with E-state index in [0.29, 0.717) is 0 Å². The van der Waals surface area contributed by atoms with Crippen molar-refractivity contribution in [3.8, 4) is 0 Å². The van der Waals surface area contributed by atoms with E-state index in [1.54, 1.807) is 0 Å². The van der Waals surface area contributed by atoms with Gasteiger partial charge in [0.05, 0.1) is 0 Å². The van der Waals surface area contributed by atoms with Crippen LogP contribution in [0.5, 0.6) is 0 Å². The van der Waals surface area contributed by atoms with Gasteiger partial charge in [0.15, 0.2) is 0 Å². The third-order valence-electron chi connectivity index (χ3n) is 1.71. The first-order valence-electron chi connectivity index (χ1n) is 4.38. The van der Waals surface area contributed by atoms with Crippen molar-refractivity contribution in [2.45, 2.75) is 51.0 Å². The van der Waals surface area contributed by atoms with E-state index < -0.39 is 5.97 Å². The zero-order valence-electron chi connectivity index (χ0n) is 7.53. The fraction of sp³-hybridized carbons (Fsp3) is 1.00. The van der Waals surface area contributed by atoms with Gasteiger partial charge in [0, 0.05) is 12.5 Å². The van der Waals surface area contributed by atoms with Gasteiger partial charge in [-0.2, -0.15) is 0 Å². The Morgan fingerprint density at radius 1 is 1.25 bits per heavy atom. The Balaban J connectivity index is 3.40. The molecule has 0 aromatic carbocycles. The molecule has 0 aliphatic heterocycles. The maximum atomic E-state index is 8.58. The van der Waals surface area contributed by atoms with E-state index in [2.05, 4.69) is 6.92 Å². The zero-order chi connectivity index (χ0) is 9.61. The summed E-state index contributed by atoms with van der Waals surface area (Å²) in [4.78, 5) is 0. The molecule has 0 amide bonds. The molecule has 0 saturated heterocycles. The monoisotopic (exact) mass is 177 g/mol. The minimum Gasteiger partial charge on any atom is -0.344 e. The highest BCUT2D eigenvalue weighted by Crippen LogP contribution is 2.09. The summed E-state index contributed by atoms with van der Waals surface area (Å²) < 4.78 is 0. The minimum absolute atomic E-state index is 0.184. The Bertz CT molecular complexity index is 111. The fourth-order valence-electron chi connectivity index (χ4n) is 1.11. The highest BCUT2D eigenvalue weighted by molar-refractivity contribution is 4.64. The molecule has 0 bridgehead atoms. The topological polar surface area (TPSA) is 86.7 Å². The Labute approximate surface area is 73.0 Å². The molecule has 0 aliphatic rings. The van der Waals surface area contributed by atoms with Crippen molar-refractivity contribution in [2.75, 3.05) is 0 Å². The van der Waals surface area contributed by atoms with Gasteiger partial charge in [0.1, 0.15) is 0 Å². The van der Waals surface area contributed by atoms with Crippen molar-refractivity contribution < 1.29 is 15.3 Å². The second-order valence-corrected chi connectivity index (χ2v) is 3.23. The minimum atomic E-state index is -2.61. The third kappa shape index (κ3) is 7.94. The van der Waals surface area contributed by atoms with E-state index in [-0.39, 0.29) is 12.5 Å². The first-order valence-corrected chi connectivity index (χ1v) is 4.38. The summed E-state index contributed by atoms with van der Waals surface area (Å²) in [5, 5.41) is 25.7. The smallest absolute Gasteiger partial charge is 0.276 e. The predicted octanol–water partition coefficient (Wildman–Crippen LogP) is -0.0852. The van der Waals surface area contributed by atoms with Gasteiger partial charge < -0.3 is 21.1 Å². The molecule has 12 heavy (non-hydrogen) atoms. The number of unbranched alkanes of at least 4 members (excludes halogenated alkanes) is 2. The molecule has 4 nitrogen and oxygen atoms in total. The van der Waals surface area contributed by atoms with E-state index in [0.717, 1.165) is 25.7 Å². The van der Waals surface area contributed by atoms with E-state index in [1.165, 1.54) is 0 Å². The van der Waals surface area contributed by atoms with Gasteiger partial charge in [-0.25, -0.2) is 0 Å². The normalized spacial score (nSPS) is 14.8. The van der Waals surface area contributed by atoms with E-state index in [4.69, 9.17) is 21.1 Å². The molecule has 1 atom stereocenters. The van der Waals surface area contributed by atoms with Gasteiger partial charge in [-0.1, -0.05) is 26.2 Å². The lowest BCUT2D eigenvalue weighted by Gasteiger charge is -2.18. The Morgan fingerprint density at radius 2 is 1.83 bits per heavy atom. The summed E-state index contributed by atoms with van der Waals surface area (Å²) in [5.41, 5.74) is 5.52. The van der Waals surface area contributed by atoms with Gasteiger partial charge in [-0.3, -0.25) is 0 Å². The number of hydrogen-bond acceptors (Lipinski definition) is 4. The lowest BCUT2D eigenvalue weighted by Crippen LogP contribution is -2.36. The van der Waals surface area contributed by atoms with Gasteiger partial charge in [0.2, 0.25) is 0 Å². The molecule has 5 N–H and O–H groups in total. The fourth-order valence-corrected chi connectivity index (χ4v) is 1.11. The molecule has 1 unspecified atom stereocenters. The van der Waals surface area contributed by atoms with Gasteiger partial charge in [-0.15, -0.1) is 0 Å². The maximum absolute atomic E-state index is 8.58. The average Bonchev–Trinajstić information content (AvgIpc) is 1.84. The molecule has 74 valence electrons. The molecule has 0 aromatic heterocycles. The van der Waals surface area contributed by atoms with Crippen molar-refractivity contribution in [3.63, 3.8) is 0 Å². The summed E-state index contributed by atoms with van der Waals surface area (Å²) in [6, 6.07) is -0.337. The summed E-state index contributed by atoms with van der Waals surface area (Å²) in [5.74, 6) is -2.61. The summed E-state index contributed by atoms with van der Waals surface area (Å²) in [6.45, 7) is 2.08. The number of aliphatic hydroxyl groups is 3. The van der Waals surface area contributed by atoms with Crippen LogP contribution in [-0.2, 0) is 0 Å². The largest absolute Gasteiger partial charge is 0.344 e. The third-order valence-corrected chi connectivity index (χ3v) is 1.71. The number of rotatable bonds is 6. The van der Waals surface area contributed by atoms with Crippen LogP contribution in [0.2, 0.25) is 0 Å². The van der Waals surface area contributed by atoms with Crippen LogP contribution in [0.1, 0.15) is 39.0 Å². The molecule has 0 radical (unpaired) electrons. The zero-order valence-corrected chi connectivity index (χ0v) is 7.53. The first-order chi connectivity index (χ1) is 5.45. The van der Waals surface area contributed by atoms with Crippen molar-refractivity contribution >= 4 is 0 Å². The van der Waals surface area contributed by atoms with Crippen LogP contribution in [0.3, 0.4) is 0 Å². The molecular weight excluding hydrogens is 158 g/mol. The Kier molecular flexibility index (Phi) is 5.41. The summed E-state index contributed by atoms with van der Waals surface area (Å²) in [6.07, 6.45) is 3.69. The molecular formula is C8H19NO3. The van der Waals surface area contributed by atoms with Crippen molar-refractivity contribution in [2.24, 2.45) is 5.73 Å². The van der Waals surface area contributed by atoms with Gasteiger partial charge in [-0.05, 0) is 6.42 Å². The first kappa shape index (κ1) is 11.8. The van der Waals surface area contributed by atoms with Gasteiger partial charge >= 0.3 is 0 Å². The van der Waals surface area contributed by atoms with E-state index in [9.17, 15) is 0 Å². The van der Waals surface area contributed by atoms with Crippen LogP contribution < -0.4 is 5.73 Å². The maximum Gasteiger partial charge on any atom is 0.276 e. The molecule has 0 spiro atoms. The average molecular weight is 177 g/mol. The Morgan fingerprint density at radius 3 is 2.25 bits per heavy atom. The molecule has 4 heteroatoms. The van der Waals surface area contributed by atoms with Crippen LogP contribution in [-0.4, -0.2) is 27.3 Å². The molecule has 0 aliphatic carbocycles. The standard InChI is InChI=1S/C8H19NO3/c1-2-3-4-5-7(9)6-8(10,11)12/h7,10-12H,2-6,9H2,1H3. The molecule has 0 rings (SSSR count). The lowest BCUT2D eigenvalue weighted by molar-refractivity contribution is -0.316. The van der Waals surface area contributed by atoms with Crippen molar-refractivity contribution in [1.29, 1.82) is 0 Å². The van der Waals surface area contributed by atoms with Crippen molar-refractivity contribution in [1.82, 2.24) is 0 Å². The van der Waals surface area contributed by atoms with Crippen LogP contribution in [0.15, 0.2) is 0 Å². The van der Waals surface area contributed by atoms with Crippen LogP contribution >= 0.6 is 0 Å². The highest BCUT2D eigenvalue weighted by atomic mass is 16.7. The van der Waals surface area contributed by atoms with E-state index in [1.807, 2.05) is 0 Å². The SMILES string of the molecule is CCCCCC(N)CC(O)(O)O. The quantitative estimate of drug-likeness (QED) is 0.337. The molecule has 0 aromatic rings. The summed E-state index contributed by atoms with van der Waals surface area (Å²) in [7, 11) is 0. The lowest BCUT2D eigenvalue weighted by atomic mass is 10.1. The molecule has 0 saturated carbocycles. The van der Waals surface area contributed by atoms with Crippen LogP contribution in [0.25, 0.3) is 0 Å². The predicted molar refractivity (Wildman–Crippen MR) is 46.1 cm³/mol. The Hall–Kier alpha value is -0.160. The van der Waals surface area contributed by atoms with Crippen LogP contribution in [0.4, 0.5) is 0 Å². The van der Waals surface area contributed by atoms with Crippen molar-refractivity contribution in [3.05, 3.63) is 0 Å². The van der Waals surface area contributed by atoms with Crippen LogP contribution in [0, 0.1) is 0 Å². The molecule has 0 heterocycles. The van der Waals surface area contributed by atoms with Gasteiger partial charge in [0.25, 0.3) is 5.97 Å². The second-order valence-electron chi connectivity index (χ2n) is 3.23. The number of hydrogen-bond donors (Lipinski definition) is 4.